The number of H-pyrrole nitrogens is 1. The van der Waals surface area contributed by atoms with Gasteiger partial charge in [-0.05, 0) is 31.9 Å². The Morgan fingerprint density at radius 3 is 3.00 bits per heavy atom. The predicted octanol–water partition coefficient (Wildman–Crippen LogP) is 1.90. The number of piperidine rings is 1. The van der Waals surface area contributed by atoms with Gasteiger partial charge in [-0.1, -0.05) is 0 Å². The molecule has 0 aromatic carbocycles. The zero-order valence-corrected chi connectivity index (χ0v) is 12.3. The fourth-order valence-electron chi connectivity index (χ4n) is 2.84. The average molecular weight is 285 g/mol. The van der Waals surface area contributed by atoms with Gasteiger partial charge in [0.25, 0.3) is 0 Å². The molecular formula is C15H19N5O. The molecule has 0 unspecified atom stereocenters. The molecule has 1 aliphatic rings. The number of carbonyl (C=O) groups excluding carboxylic acids is 1. The molecule has 0 saturated carbocycles. The lowest BCUT2D eigenvalue weighted by Gasteiger charge is -2.31. The molecule has 1 amide bonds. The summed E-state index contributed by atoms with van der Waals surface area (Å²) < 4.78 is 0. The molecule has 0 aliphatic carbocycles. The van der Waals surface area contributed by atoms with Gasteiger partial charge in [-0.3, -0.25) is 9.89 Å². The molecule has 0 bridgehead atoms. The van der Waals surface area contributed by atoms with Crippen molar-refractivity contribution in [3.8, 4) is 11.4 Å². The maximum atomic E-state index is 11.6. The summed E-state index contributed by atoms with van der Waals surface area (Å²) >= 11 is 0. The normalized spacial score (nSPS) is 18.8. The van der Waals surface area contributed by atoms with Gasteiger partial charge in [-0.15, -0.1) is 0 Å². The number of aromatic amines is 1. The second-order valence-electron chi connectivity index (χ2n) is 5.50. The van der Waals surface area contributed by atoms with Crippen LogP contribution in [-0.2, 0) is 4.79 Å². The third kappa shape index (κ3) is 2.94. The maximum Gasteiger partial charge on any atom is 0.219 e. The van der Waals surface area contributed by atoms with Crippen molar-refractivity contribution in [3.63, 3.8) is 0 Å². The van der Waals surface area contributed by atoms with E-state index in [1.54, 1.807) is 13.1 Å². The Balaban J connectivity index is 1.90. The number of hydrogen-bond acceptors (Lipinski definition) is 4. The van der Waals surface area contributed by atoms with E-state index >= 15 is 0 Å². The number of aryl methyl sites for hydroxylation is 1. The van der Waals surface area contributed by atoms with Gasteiger partial charge in [0, 0.05) is 37.8 Å². The molecule has 1 atom stereocenters. The maximum absolute atomic E-state index is 11.6. The van der Waals surface area contributed by atoms with Crippen LogP contribution in [-0.4, -0.2) is 44.1 Å². The monoisotopic (exact) mass is 285 g/mol. The van der Waals surface area contributed by atoms with Crippen molar-refractivity contribution in [3.05, 3.63) is 29.8 Å². The van der Waals surface area contributed by atoms with Crippen molar-refractivity contribution < 1.29 is 4.79 Å². The highest BCUT2D eigenvalue weighted by Gasteiger charge is 2.24. The fraction of sp³-hybridized carbons (Fsp3) is 0.467. The first kappa shape index (κ1) is 13.7. The Bertz CT molecular complexity index is 638. The van der Waals surface area contributed by atoms with Crippen LogP contribution >= 0.6 is 0 Å². The van der Waals surface area contributed by atoms with Crippen molar-refractivity contribution >= 4 is 5.91 Å². The van der Waals surface area contributed by atoms with Gasteiger partial charge in [0.2, 0.25) is 5.91 Å². The molecule has 6 nitrogen and oxygen atoms in total. The molecule has 1 N–H and O–H groups in total. The minimum atomic E-state index is 0.138. The lowest BCUT2D eigenvalue weighted by atomic mass is 9.94. The van der Waals surface area contributed by atoms with Crippen LogP contribution in [0.5, 0.6) is 0 Å². The molecule has 6 heteroatoms. The number of rotatable bonds is 2. The summed E-state index contributed by atoms with van der Waals surface area (Å²) in [5.74, 6) is 1.17. The van der Waals surface area contributed by atoms with E-state index in [0.29, 0.717) is 0 Å². The lowest BCUT2D eigenvalue weighted by molar-refractivity contribution is -0.130. The largest absolute Gasteiger partial charge is 0.342 e. The van der Waals surface area contributed by atoms with E-state index in [4.69, 9.17) is 0 Å². The minimum absolute atomic E-state index is 0.138. The zero-order valence-electron chi connectivity index (χ0n) is 12.3. The molecule has 0 spiro atoms. The first-order valence-electron chi connectivity index (χ1n) is 7.24. The lowest BCUT2D eigenvalue weighted by Crippen LogP contribution is -2.37. The smallest absolute Gasteiger partial charge is 0.219 e. The SMILES string of the molecule is CC(=O)N1CCC[C@@H](c2cc(-c3ccn[nH]3)nc(C)n2)C1. The summed E-state index contributed by atoms with van der Waals surface area (Å²) in [6.45, 7) is 5.12. The molecule has 3 rings (SSSR count). The van der Waals surface area contributed by atoms with E-state index in [-0.39, 0.29) is 11.8 Å². The molecule has 2 aromatic heterocycles. The molecule has 1 fully saturated rings. The summed E-state index contributed by atoms with van der Waals surface area (Å²) in [6, 6.07) is 3.91. The van der Waals surface area contributed by atoms with Gasteiger partial charge < -0.3 is 4.90 Å². The molecule has 21 heavy (non-hydrogen) atoms. The summed E-state index contributed by atoms with van der Waals surface area (Å²) in [6.07, 6.45) is 3.79. The van der Waals surface area contributed by atoms with E-state index in [0.717, 1.165) is 48.8 Å². The van der Waals surface area contributed by atoms with Gasteiger partial charge in [0.1, 0.15) is 5.82 Å². The van der Waals surface area contributed by atoms with Crippen molar-refractivity contribution in [2.24, 2.45) is 0 Å². The molecular weight excluding hydrogens is 266 g/mol. The Morgan fingerprint density at radius 2 is 2.29 bits per heavy atom. The molecule has 3 heterocycles. The van der Waals surface area contributed by atoms with Gasteiger partial charge in [0.05, 0.1) is 11.4 Å². The first-order valence-corrected chi connectivity index (χ1v) is 7.24. The second kappa shape index (κ2) is 5.63. The van der Waals surface area contributed by atoms with Crippen LogP contribution in [0.3, 0.4) is 0 Å². The third-order valence-corrected chi connectivity index (χ3v) is 3.92. The molecule has 0 radical (unpaired) electrons. The highest BCUT2D eigenvalue weighted by Crippen LogP contribution is 2.27. The van der Waals surface area contributed by atoms with Crippen molar-refractivity contribution in [1.82, 2.24) is 25.1 Å². The number of hydrogen-bond donors (Lipinski definition) is 1. The molecule has 2 aromatic rings. The van der Waals surface area contributed by atoms with Crippen LogP contribution < -0.4 is 0 Å². The van der Waals surface area contributed by atoms with E-state index in [9.17, 15) is 4.79 Å². The van der Waals surface area contributed by atoms with Crippen molar-refractivity contribution in [2.45, 2.75) is 32.6 Å². The topological polar surface area (TPSA) is 74.8 Å². The predicted molar refractivity (Wildman–Crippen MR) is 78.6 cm³/mol. The Morgan fingerprint density at radius 1 is 1.43 bits per heavy atom. The Kier molecular flexibility index (Phi) is 3.68. The number of amides is 1. The van der Waals surface area contributed by atoms with E-state index < -0.39 is 0 Å². The van der Waals surface area contributed by atoms with Crippen LogP contribution in [0, 0.1) is 6.92 Å². The van der Waals surface area contributed by atoms with Crippen molar-refractivity contribution in [1.29, 1.82) is 0 Å². The number of nitrogens with one attached hydrogen (secondary N) is 1. The van der Waals surface area contributed by atoms with Crippen molar-refractivity contribution in [2.75, 3.05) is 13.1 Å². The summed E-state index contributed by atoms with van der Waals surface area (Å²) in [7, 11) is 0. The van der Waals surface area contributed by atoms with Gasteiger partial charge >= 0.3 is 0 Å². The third-order valence-electron chi connectivity index (χ3n) is 3.92. The molecule has 1 saturated heterocycles. The minimum Gasteiger partial charge on any atom is -0.342 e. The first-order chi connectivity index (χ1) is 10.1. The van der Waals surface area contributed by atoms with Gasteiger partial charge in [-0.25, -0.2) is 9.97 Å². The van der Waals surface area contributed by atoms with Crippen LogP contribution in [0.2, 0.25) is 0 Å². The standard InChI is InChI=1S/C15H19N5O/c1-10-17-14(8-15(18-10)13-5-6-16-19-13)12-4-3-7-20(9-12)11(2)21/h5-6,8,12H,3-4,7,9H2,1-2H3,(H,16,19)/t12-/m1/s1. The summed E-state index contributed by atoms with van der Waals surface area (Å²) in [5.41, 5.74) is 2.76. The second-order valence-corrected chi connectivity index (χ2v) is 5.50. The number of nitrogens with zero attached hydrogens (tertiary/aromatic N) is 4. The quantitative estimate of drug-likeness (QED) is 0.914. The van der Waals surface area contributed by atoms with E-state index in [2.05, 4.69) is 20.2 Å². The summed E-state index contributed by atoms with van der Waals surface area (Å²) in [5, 5.41) is 6.90. The Labute approximate surface area is 123 Å². The van der Waals surface area contributed by atoms with Gasteiger partial charge in [-0.2, -0.15) is 5.10 Å². The van der Waals surface area contributed by atoms with Crippen LogP contribution in [0.1, 0.15) is 37.2 Å². The summed E-state index contributed by atoms with van der Waals surface area (Å²) in [4.78, 5) is 22.5. The fourth-order valence-corrected chi connectivity index (χ4v) is 2.84. The van der Waals surface area contributed by atoms with Crippen LogP contribution in [0.15, 0.2) is 18.3 Å². The highest BCUT2D eigenvalue weighted by atomic mass is 16.2. The Hall–Kier alpha value is -2.24. The average Bonchev–Trinajstić information content (AvgIpc) is 3.01. The zero-order chi connectivity index (χ0) is 14.8. The number of carbonyl (C=O) groups is 1. The highest BCUT2D eigenvalue weighted by molar-refractivity contribution is 5.73. The molecule has 1 aliphatic heterocycles. The van der Waals surface area contributed by atoms with Crippen LogP contribution in [0.25, 0.3) is 11.4 Å². The molecule has 110 valence electrons. The van der Waals surface area contributed by atoms with E-state index in [1.807, 2.05) is 24.0 Å². The number of aromatic nitrogens is 4. The number of likely N-dealkylation sites (tertiary alicyclic amines) is 1. The van der Waals surface area contributed by atoms with E-state index in [1.165, 1.54) is 0 Å². The van der Waals surface area contributed by atoms with Gasteiger partial charge in [0.15, 0.2) is 0 Å². The van der Waals surface area contributed by atoms with Crippen LogP contribution in [0.4, 0.5) is 0 Å².